The second-order valence-corrected chi connectivity index (χ2v) is 2.16. The van der Waals surface area contributed by atoms with Crippen molar-refractivity contribution in [3.8, 4) is 0 Å². The van der Waals surface area contributed by atoms with Crippen molar-refractivity contribution in [2.75, 3.05) is 6.54 Å². The Kier molecular flexibility index (Phi) is 8.04. The molecule has 0 aromatic carbocycles. The topological polar surface area (TPSA) is 42.0 Å². The van der Waals surface area contributed by atoms with Gasteiger partial charge in [-0.3, -0.25) is 4.98 Å². The van der Waals surface area contributed by atoms with E-state index in [1.165, 1.54) is 0 Å². The summed E-state index contributed by atoms with van der Waals surface area (Å²) in [6.45, 7) is 5.10. The van der Waals surface area contributed by atoms with E-state index in [4.69, 9.17) is 0 Å². The van der Waals surface area contributed by atoms with E-state index in [0.29, 0.717) is 13.1 Å². The maximum Gasteiger partial charge on any atom is 0.133 e. The van der Waals surface area contributed by atoms with Crippen molar-refractivity contribution in [3.05, 3.63) is 30.1 Å². The summed E-state index contributed by atoms with van der Waals surface area (Å²) in [6.07, 6.45) is 4.34. The van der Waals surface area contributed by atoms with Gasteiger partial charge in [0, 0.05) is 18.9 Å². The third-order valence-electron chi connectivity index (χ3n) is 1.28. The molecule has 0 bridgehead atoms. The predicted molar refractivity (Wildman–Crippen MR) is 53.4 cm³/mol. The van der Waals surface area contributed by atoms with Crippen molar-refractivity contribution in [2.24, 2.45) is 0 Å². The van der Waals surface area contributed by atoms with Crippen LogP contribution in [0.25, 0.3) is 0 Å². The summed E-state index contributed by atoms with van der Waals surface area (Å²) in [6, 6.07) is 3.84. The van der Waals surface area contributed by atoms with Crippen molar-refractivity contribution in [2.45, 2.75) is 20.4 Å². The Morgan fingerprint density at radius 3 is 2.85 bits per heavy atom. The maximum atomic E-state index is 9.92. The number of aromatic nitrogens is 1. The van der Waals surface area contributed by atoms with Crippen molar-refractivity contribution in [3.63, 3.8) is 0 Å². The number of hydrogen-bond donors (Lipinski definition) is 1. The molecule has 0 saturated heterocycles. The Balaban J connectivity index is 0.000000671. The fourth-order valence-electron chi connectivity index (χ4n) is 0.778. The second kappa shape index (κ2) is 8.87. The standard InChI is InChI=1S/C8H10N2O.C2H6/c11-5-4-10-7-8-2-1-3-9-6-8;1-2/h1-3,5-6,10H,4,7H2;1-2H3. The molecule has 0 amide bonds. The van der Waals surface area contributed by atoms with Crippen LogP contribution in [0, 0.1) is 0 Å². The molecule has 13 heavy (non-hydrogen) atoms. The predicted octanol–water partition coefficient (Wildman–Crippen LogP) is 1.40. The number of rotatable bonds is 4. The van der Waals surface area contributed by atoms with Crippen LogP contribution in [0.5, 0.6) is 0 Å². The molecule has 1 aromatic rings. The summed E-state index contributed by atoms with van der Waals surface area (Å²) in [5.41, 5.74) is 1.09. The molecule has 0 spiro atoms. The van der Waals surface area contributed by atoms with E-state index in [1.54, 1.807) is 12.4 Å². The van der Waals surface area contributed by atoms with Gasteiger partial charge in [0.2, 0.25) is 0 Å². The van der Waals surface area contributed by atoms with Gasteiger partial charge in [-0.2, -0.15) is 0 Å². The molecule has 1 heterocycles. The van der Waals surface area contributed by atoms with Gasteiger partial charge in [0.15, 0.2) is 0 Å². The molecule has 0 unspecified atom stereocenters. The molecule has 0 radical (unpaired) electrons. The van der Waals surface area contributed by atoms with Crippen LogP contribution in [0.1, 0.15) is 19.4 Å². The quantitative estimate of drug-likeness (QED) is 0.562. The van der Waals surface area contributed by atoms with Crippen molar-refractivity contribution >= 4 is 6.29 Å². The minimum Gasteiger partial charge on any atom is -0.306 e. The molecule has 0 saturated carbocycles. The average molecular weight is 180 g/mol. The van der Waals surface area contributed by atoms with Crippen molar-refractivity contribution < 1.29 is 4.79 Å². The zero-order valence-electron chi connectivity index (χ0n) is 8.16. The highest BCUT2D eigenvalue weighted by atomic mass is 16.1. The first-order valence-corrected chi connectivity index (χ1v) is 4.47. The van der Waals surface area contributed by atoms with E-state index in [9.17, 15) is 4.79 Å². The number of nitrogens with zero attached hydrogens (tertiary/aromatic N) is 1. The Morgan fingerprint density at radius 2 is 2.31 bits per heavy atom. The maximum absolute atomic E-state index is 9.92. The van der Waals surface area contributed by atoms with Crippen LogP contribution < -0.4 is 5.32 Å². The summed E-state index contributed by atoms with van der Waals surface area (Å²) in [5.74, 6) is 0. The van der Waals surface area contributed by atoms with Crippen LogP contribution in [0.3, 0.4) is 0 Å². The van der Waals surface area contributed by atoms with E-state index < -0.39 is 0 Å². The highest BCUT2D eigenvalue weighted by molar-refractivity contribution is 5.51. The smallest absolute Gasteiger partial charge is 0.133 e. The first-order chi connectivity index (χ1) is 6.43. The lowest BCUT2D eigenvalue weighted by Gasteiger charge is -1.98. The SMILES string of the molecule is CC.O=CCNCc1cccnc1. The molecule has 72 valence electrons. The van der Waals surface area contributed by atoms with Crippen molar-refractivity contribution in [1.82, 2.24) is 10.3 Å². The third-order valence-corrected chi connectivity index (χ3v) is 1.28. The van der Waals surface area contributed by atoms with Crippen LogP contribution in [-0.4, -0.2) is 17.8 Å². The van der Waals surface area contributed by atoms with Crippen molar-refractivity contribution in [1.29, 1.82) is 0 Å². The second-order valence-electron chi connectivity index (χ2n) is 2.16. The number of pyridine rings is 1. The van der Waals surface area contributed by atoms with Gasteiger partial charge in [-0.1, -0.05) is 19.9 Å². The zero-order valence-corrected chi connectivity index (χ0v) is 8.16. The first-order valence-electron chi connectivity index (χ1n) is 4.47. The van der Waals surface area contributed by atoms with E-state index in [1.807, 2.05) is 26.0 Å². The highest BCUT2D eigenvalue weighted by Gasteiger charge is 1.88. The van der Waals surface area contributed by atoms with Gasteiger partial charge >= 0.3 is 0 Å². The summed E-state index contributed by atoms with van der Waals surface area (Å²) in [5, 5.41) is 2.94. The van der Waals surface area contributed by atoms with Gasteiger partial charge in [-0.15, -0.1) is 0 Å². The molecule has 0 aliphatic heterocycles. The molecule has 3 nitrogen and oxygen atoms in total. The summed E-state index contributed by atoms with van der Waals surface area (Å²) >= 11 is 0. The van der Waals surface area contributed by atoms with Gasteiger partial charge in [-0.25, -0.2) is 0 Å². The molecular formula is C10H16N2O. The van der Waals surface area contributed by atoms with E-state index in [0.717, 1.165) is 11.8 Å². The normalized spacial score (nSPS) is 8.46. The third kappa shape index (κ3) is 5.99. The number of nitrogens with one attached hydrogen (secondary N) is 1. The lowest BCUT2D eigenvalue weighted by atomic mass is 10.3. The van der Waals surface area contributed by atoms with Crippen LogP contribution in [0.15, 0.2) is 24.5 Å². The summed E-state index contributed by atoms with van der Waals surface area (Å²) < 4.78 is 0. The van der Waals surface area contributed by atoms with Crippen LogP contribution in [0.4, 0.5) is 0 Å². The van der Waals surface area contributed by atoms with Gasteiger partial charge < -0.3 is 10.1 Å². The Morgan fingerprint density at radius 1 is 1.54 bits per heavy atom. The summed E-state index contributed by atoms with van der Waals surface area (Å²) in [4.78, 5) is 13.9. The number of carbonyl (C=O) groups is 1. The van der Waals surface area contributed by atoms with Gasteiger partial charge in [-0.05, 0) is 11.6 Å². The van der Waals surface area contributed by atoms with Gasteiger partial charge in [0.1, 0.15) is 6.29 Å². The van der Waals surface area contributed by atoms with Crippen LogP contribution >= 0.6 is 0 Å². The first kappa shape index (κ1) is 11.8. The van der Waals surface area contributed by atoms with Crippen LogP contribution in [0.2, 0.25) is 0 Å². The van der Waals surface area contributed by atoms with E-state index in [-0.39, 0.29) is 0 Å². The van der Waals surface area contributed by atoms with E-state index >= 15 is 0 Å². The minimum atomic E-state index is 0.398. The number of aldehydes is 1. The molecule has 0 fully saturated rings. The molecule has 1 rings (SSSR count). The molecule has 1 aromatic heterocycles. The Labute approximate surface area is 79.2 Å². The fourth-order valence-corrected chi connectivity index (χ4v) is 0.778. The Bertz CT molecular complexity index is 211. The molecule has 3 heteroatoms. The molecule has 0 aliphatic carbocycles. The molecule has 1 N–H and O–H groups in total. The number of carbonyl (C=O) groups excluding carboxylic acids is 1. The lowest BCUT2D eigenvalue weighted by molar-refractivity contribution is -0.107. The largest absolute Gasteiger partial charge is 0.306 e. The van der Waals surface area contributed by atoms with E-state index in [2.05, 4.69) is 10.3 Å². The highest BCUT2D eigenvalue weighted by Crippen LogP contribution is 1.92. The van der Waals surface area contributed by atoms with Crippen LogP contribution in [-0.2, 0) is 11.3 Å². The molecule has 0 aliphatic rings. The lowest BCUT2D eigenvalue weighted by Crippen LogP contribution is -2.15. The monoisotopic (exact) mass is 180 g/mol. The van der Waals surface area contributed by atoms with Gasteiger partial charge in [0.05, 0.1) is 6.54 Å². The summed E-state index contributed by atoms with van der Waals surface area (Å²) in [7, 11) is 0. The zero-order chi connectivity index (χ0) is 9.94. The fraction of sp³-hybridized carbons (Fsp3) is 0.400. The molecule has 0 atom stereocenters. The van der Waals surface area contributed by atoms with Gasteiger partial charge in [0.25, 0.3) is 0 Å². The Hall–Kier alpha value is -1.22. The molecular weight excluding hydrogens is 164 g/mol. The number of hydrogen-bond acceptors (Lipinski definition) is 3. The average Bonchev–Trinajstić information content (AvgIpc) is 2.23. The minimum absolute atomic E-state index is 0.398.